The Kier molecular flexibility index (Phi) is 4.43. The molecular formula is C14H18N4O. The molecule has 1 unspecified atom stereocenters. The van der Waals surface area contributed by atoms with E-state index in [0.717, 1.165) is 22.7 Å². The monoisotopic (exact) mass is 258 g/mol. The molecule has 0 radical (unpaired) electrons. The van der Waals surface area contributed by atoms with E-state index in [1.807, 2.05) is 38.1 Å². The first-order valence-corrected chi connectivity index (χ1v) is 6.22. The molecule has 0 bridgehead atoms. The second kappa shape index (κ2) is 6.26. The van der Waals surface area contributed by atoms with E-state index in [1.165, 1.54) is 0 Å². The zero-order valence-corrected chi connectivity index (χ0v) is 11.1. The number of rotatable bonds is 5. The van der Waals surface area contributed by atoms with Crippen LogP contribution in [0.25, 0.3) is 0 Å². The van der Waals surface area contributed by atoms with Crippen LogP contribution in [0.3, 0.4) is 0 Å². The summed E-state index contributed by atoms with van der Waals surface area (Å²) >= 11 is 0. The molecule has 1 heterocycles. The second-order valence-corrected chi connectivity index (χ2v) is 4.19. The van der Waals surface area contributed by atoms with Gasteiger partial charge in [0, 0.05) is 6.20 Å². The van der Waals surface area contributed by atoms with Gasteiger partial charge in [-0.2, -0.15) is 0 Å². The van der Waals surface area contributed by atoms with Crippen LogP contribution in [0.1, 0.15) is 29.9 Å². The van der Waals surface area contributed by atoms with Crippen molar-refractivity contribution in [2.24, 2.45) is 5.84 Å². The number of hydrazine groups is 1. The van der Waals surface area contributed by atoms with E-state index >= 15 is 0 Å². The Balaban J connectivity index is 2.30. The predicted octanol–water partition coefficient (Wildman–Crippen LogP) is 1.74. The number of nitrogens with zero attached hydrogens (tertiary/aromatic N) is 2. The van der Waals surface area contributed by atoms with Crippen molar-refractivity contribution in [3.63, 3.8) is 0 Å². The topological polar surface area (TPSA) is 73.1 Å². The second-order valence-electron chi connectivity index (χ2n) is 4.19. The van der Waals surface area contributed by atoms with Crippen LogP contribution >= 0.6 is 0 Å². The molecule has 0 saturated carbocycles. The van der Waals surface area contributed by atoms with E-state index in [9.17, 15) is 0 Å². The highest BCUT2D eigenvalue weighted by Gasteiger charge is 2.14. The number of nitrogens with two attached hydrogens (primary N) is 1. The number of hydrogen-bond donors (Lipinski definition) is 2. The molecule has 0 fully saturated rings. The zero-order chi connectivity index (χ0) is 13.7. The highest BCUT2D eigenvalue weighted by atomic mass is 16.5. The van der Waals surface area contributed by atoms with Crippen LogP contribution < -0.4 is 16.0 Å². The molecule has 0 aliphatic rings. The van der Waals surface area contributed by atoms with Crippen LogP contribution in [0.15, 0.2) is 36.7 Å². The lowest BCUT2D eigenvalue weighted by Crippen LogP contribution is -2.29. The molecule has 0 saturated heterocycles. The van der Waals surface area contributed by atoms with Gasteiger partial charge in [-0.3, -0.25) is 15.8 Å². The summed E-state index contributed by atoms with van der Waals surface area (Å²) in [6.45, 7) is 4.49. The molecule has 5 heteroatoms. The van der Waals surface area contributed by atoms with Gasteiger partial charge >= 0.3 is 0 Å². The fourth-order valence-corrected chi connectivity index (χ4v) is 1.85. The van der Waals surface area contributed by atoms with Crippen molar-refractivity contribution < 1.29 is 4.74 Å². The molecule has 1 aromatic heterocycles. The smallest absolute Gasteiger partial charge is 0.119 e. The molecule has 0 aliphatic carbocycles. The molecule has 2 rings (SSSR count). The van der Waals surface area contributed by atoms with E-state index in [-0.39, 0.29) is 6.04 Å². The van der Waals surface area contributed by atoms with E-state index in [4.69, 9.17) is 10.6 Å². The average Bonchev–Trinajstić information content (AvgIpc) is 2.43. The average molecular weight is 258 g/mol. The van der Waals surface area contributed by atoms with Crippen LogP contribution in [0.4, 0.5) is 0 Å². The van der Waals surface area contributed by atoms with Crippen molar-refractivity contribution in [1.82, 2.24) is 15.4 Å². The lowest BCUT2D eigenvalue weighted by molar-refractivity contribution is 0.339. The summed E-state index contributed by atoms with van der Waals surface area (Å²) in [5.74, 6) is 6.46. The van der Waals surface area contributed by atoms with Crippen LogP contribution in [0.2, 0.25) is 0 Å². The molecule has 100 valence electrons. The largest absolute Gasteiger partial charge is 0.494 e. The quantitative estimate of drug-likeness (QED) is 0.631. The first-order valence-electron chi connectivity index (χ1n) is 6.22. The number of benzene rings is 1. The Bertz CT molecular complexity index is 527. The SMILES string of the molecule is CCOc1cccc(C(NN)c2cnc(C)cn2)c1. The number of aryl methyl sites for hydroxylation is 1. The third kappa shape index (κ3) is 3.27. The Morgan fingerprint density at radius 2 is 2.16 bits per heavy atom. The fourth-order valence-electron chi connectivity index (χ4n) is 1.85. The van der Waals surface area contributed by atoms with Crippen molar-refractivity contribution in [3.8, 4) is 5.75 Å². The molecule has 3 N–H and O–H groups in total. The van der Waals surface area contributed by atoms with E-state index in [0.29, 0.717) is 6.61 Å². The highest BCUT2D eigenvalue weighted by Crippen LogP contribution is 2.23. The van der Waals surface area contributed by atoms with Gasteiger partial charge in [0.1, 0.15) is 5.75 Å². The molecule has 1 atom stereocenters. The summed E-state index contributed by atoms with van der Waals surface area (Å²) in [6, 6.07) is 7.59. The van der Waals surface area contributed by atoms with Gasteiger partial charge in [0.15, 0.2) is 0 Å². The minimum Gasteiger partial charge on any atom is -0.494 e. The van der Waals surface area contributed by atoms with Gasteiger partial charge in [-0.25, -0.2) is 5.43 Å². The molecule has 2 aromatic rings. The van der Waals surface area contributed by atoms with Crippen molar-refractivity contribution in [2.45, 2.75) is 19.9 Å². The Morgan fingerprint density at radius 3 is 2.79 bits per heavy atom. The highest BCUT2D eigenvalue weighted by molar-refractivity contribution is 5.34. The first-order chi connectivity index (χ1) is 9.24. The molecule has 0 spiro atoms. The lowest BCUT2D eigenvalue weighted by Gasteiger charge is -2.16. The van der Waals surface area contributed by atoms with E-state index in [1.54, 1.807) is 12.4 Å². The number of nitrogens with one attached hydrogen (secondary N) is 1. The molecule has 0 amide bonds. The minimum atomic E-state index is -0.200. The van der Waals surface area contributed by atoms with E-state index < -0.39 is 0 Å². The molecular weight excluding hydrogens is 240 g/mol. The van der Waals surface area contributed by atoms with Gasteiger partial charge in [0.2, 0.25) is 0 Å². The number of ether oxygens (including phenoxy) is 1. The zero-order valence-electron chi connectivity index (χ0n) is 11.1. The van der Waals surface area contributed by atoms with Crippen LogP contribution in [-0.4, -0.2) is 16.6 Å². The summed E-state index contributed by atoms with van der Waals surface area (Å²) in [4.78, 5) is 8.60. The Morgan fingerprint density at radius 1 is 1.32 bits per heavy atom. The summed E-state index contributed by atoms with van der Waals surface area (Å²) in [7, 11) is 0. The number of hydrogen-bond acceptors (Lipinski definition) is 5. The fraction of sp³-hybridized carbons (Fsp3) is 0.286. The molecule has 0 aliphatic heterocycles. The maximum Gasteiger partial charge on any atom is 0.119 e. The maximum absolute atomic E-state index is 5.64. The summed E-state index contributed by atoms with van der Waals surface area (Å²) < 4.78 is 5.49. The van der Waals surface area contributed by atoms with Gasteiger partial charge < -0.3 is 4.74 Å². The maximum atomic E-state index is 5.64. The van der Waals surface area contributed by atoms with Gasteiger partial charge in [-0.1, -0.05) is 12.1 Å². The first kappa shape index (κ1) is 13.5. The van der Waals surface area contributed by atoms with E-state index in [2.05, 4.69) is 15.4 Å². The predicted molar refractivity (Wildman–Crippen MR) is 73.5 cm³/mol. The summed E-state index contributed by atoms with van der Waals surface area (Å²) in [6.07, 6.45) is 3.46. The van der Waals surface area contributed by atoms with Crippen molar-refractivity contribution >= 4 is 0 Å². The summed E-state index contributed by atoms with van der Waals surface area (Å²) in [5.41, 5.74) is 5.41. The van der Waals surface area contributed by atoms with Crippen LogP contribution in [-0.2, 0) is 0 Å². The van der Waals surface area contributed by atoms with Gasteiger partial charge in [0.05, 0.1) is 30.2 Å². The molecule has 19 heavy (non-hydrogen) atoms. The van der Waals surface area contributed by atoms with Crippen molar-refractivity contribution in [2.75, 3.05) is 6.61 Å². The normalized spacial score (nSPS) is 12.2. The van der Waals surface area contributed by atoms with Crippen molar-refractivity contribution in [1.29, 1.82) is 0 Å². The third-order valence-corrected chi connectivity index (χ3v) is 2.77. The van der Waals surface area contributed by atoms with Crippen LogP contribution in [0, 0.1) is 6.92 Å². The lowest BCUT2D eigenvalue weighted by atomic mass is 10.0. The standard InChI is InChI=1S/C14H18N4O/c1-3-19-12-6-4-5-11(7-12)14(18-15)13-9-16-10(2)8-17-13/h4-9,14,18H,3,15H2,1-2H3. The Hall–Kier alpha value is -1.98. The third-order valence-electron chi connectivity index (χ3n) is 2.77. The van der Waals surface area contributed by atoms with Crippen molar-refractivity contribution in [3.05, 3.63) is 53.6 Å². The van der Waals surface area contributed by atoms with Crippen LogP contribution in [0.5, 0.6) is 5.75 Å². The number of aromatic nitrogens is 2. The van der Waals surface area contributed by atoms with Gasteiger partial charge in [-0.15, -0.1) is 0 Å². The Labute approximate surface area is 112 Å². The molecule has 5 nitrogen and oxygen atoms in total. The molecule has 1 aromatic carbocycles. The van der Waals surface area contributed by atoms with Gasteiger partial charge in [0.25, 0.3) is 0 Å². The minimum absolute atomic E-state index is 0.200. The van der Waals surface area contributed by atoms with Gasteiger partial charge in [-0.05, 0) is 31.5 Å². The summed E-state index contributed by atoms with van der Waals surface area (Å²) in [5, 5.41) is 0.